The molecule has 0 amide bonds. The second-order valence-corrected chi connectivity index (χ2v) is 7.16. The van der Waals surface area contributed by atoms with E-state index >= 15 is 0 Å². The van der Waals surface area contributed by atoms with Crippen molar-refractivity contribution in [2.45, 2.75) is 6.54 Å². The summed E-state index contributed by atoms with van der Waals surface area (Å²) in [5.74, 6) is 1.65. The van der Waals surface area contributed by atoms with E-state index in [9.17, 15) is 4.79 Å². The normalized spacial score (nSPS) is 11.2. The van der Waals surface area contributed by atoms with Crippen molar-refractivity contribution in [3.05, 3.63) is 89.8 Å². The van der Waals surface area contributed by atoms with Crippen LogP contribution in [0.5, 0.6) is 5.75 Å². The zero-order valence-electron chi connectivity index (χ0n) is 17.6. The predicted octanol–water partition coefficient (Wildman–Crippen LogP) is 2.49. The van der Waals surface area contributed by atoms with Gasteiger partial charge >= 0.3 is 0 Å². The third-order valence-electron chi connectivity index (χ3n) is 5.27. The Balaban J connectivity index is 1.55. The second-order valence-electron chi connectivity index (χ2n) is 7.16. The molecule has 0 aliphatic heterocycles. The average Bonchev–Trinajstić information content (AvgIpc) is 3.48. The van der Waals surface area contributed by atoms with E-state index in [1.54, 1.807) is 24.2 Å². The Labute approximate surface area is 183 Å². The van der Waals surface area contributed by atoms with Crippen molar-refractivity contribution in [1.29, 1.82) is 0 Å². The molecule has 0 aliphatic rings. The lowest BCUT2D eigenvalue weighted by molar-refractivity contribution is 0.415. The quantitative estimate of drug-likeness (QED) is 0.448. The molecule has 2 aromatic carbocycles. The van der Waals surface area contributed by atoms with Gasteiger partial charge in [-0.05, 0) is 55.6 Å². The van der Waals surface area contributed by atoms with Gasteiger partial charge in [-0.15, -0.1) is 0 Å². The summed E-state index contributed by atoms with van der Waals surface area (Å²) in [4.78, 5) is 26.4. The van der Waals surface area contributed by atoms with Gasteiger partial charge in [-0.2, -0.15) is 0 Å². The number of ether oxygens (including phenoxy) is 1. The third kappa shape index (κ3) is 3.34. The first-order valence-electron chi connectivity index (χ1n) is 10.1. The van der Waals surface area contributed by atoms with Crippen LogP contribution in [0.2, 0.25) is 0 Å². The predicted molar refractivity (Wildman–Crippen MR) is 121 cm³/mol. The number of hydrogen-bond acceptors (Lipinski definition) is 6. The van der Waals surface area contributed by atoms with Gasteiger partial charge in [-0.1, -0.05) is 0 Å². The molecule has 0 radical (unpaired) electrons. The number of nitrogens with one attached hydrogen (secondary N) is 1. The summed E-state index contributed by atoms with van der Waals surface area (Å²) in [6, 6.07) is 15.1. The Morgan fingerprint density at radius 3 is 2.09 bits per heavy atom. The fourth-order valence-electron chi connectivity index (χ4n) is 3.67. The van der Waals surface area contributed by atoms with Gasteiger partial charge < -0.3 is 14.6 Å². The molecule has 3 heterocycles. The summed E-state index contributed by atoms with van der Waals surface area (Å²) in [7, 11) is 3.50. The highest BCUT2D eigenvalue weighted by Crippen LogP contribution is 2.19. The lowest BCUT2D eigenvalue weighted by Crippen LogP contribution is -2.20. The van der Waals surface area contributed by atoms with E-state index in [0.717, 1.165) is 22.9 Å². The van der Waals surface area contributed by atoms with Gasteiger partial charge in [-0.25, -0.2) is 15.0 Å². The fourth-order valence-corrected chi connectivity index (χ4v) is 3.67. The maximum absolute atomic E-state index is 13.4. The van der Waals surface area contributed by atoms with Crippen molar-refractivity contribution in [2.24, 2.45) is 0 Å². The molecule has 5 aromatic rings. The lowest BCUT2D eigenvalue weighted by atomic mass is 10.2. The van der Waals surface area contributed by atoms with Gasteiger partial charge in [0, 0.05) is 23.8 Å². The number of imidazole rings is 2. The molecule has 0 atom stereocenters. The maximum Gasteiger partial charge on any atom is 0.284 e. The molecule has 5 rings (SSSR count). The molecule has 160 valence electrons. The van der Waals surface area contributed by atoms with E-state index in [4.69, 9.17) is 4.74 Å². The summed E-state index contributed by atoms with van der Waals surface area (Å²) >= 11 is 0. The molecule has 0 aliphatic carbocycles. The zero-order chi connectivity index (χ0) is 22.1. The molecule has 0 saturated heterocycles. The molecule has 0 fully saturated rings. The SMILES string of the molecule is CNCc1nccn1-c1ccc(-n2cnc3ncn(-c4ccc(OC)cc4)c3c2=O)cc1. The number of benzene rings is 2. The van der Waals surface area contributed by atoms with Crippen LogP contribution in [0.25, 0.3) is 28.2 Å². The van der Waals surface area contributed by atoms with Crippen LogP contribution in [0.4, 0.5) is 0 Å². The smallest absolute Gasteiger partial charge is 0.284 e. The molecule has 3 aromatic heterocycles. The van der Waals surface area contributed by atoms with Crippen molar-refractivity contribution in [3.8, 4) is 22.8 Å². The first-order valence-corrected chi connectivity index (χ1v) is 10.1. The summed E-state index contributed by atoms with van der Waals surface area (Å²) in [6.45, 7) is 0.657. The average molecular weight is 427 g/mol. The van der Waals surface area contributed by atoms with Crippen LogP contribution in [0.3, 0.4) is 0 Å². The number of methoxy groups -OCH3 is 1. The van der Waals surface area contributed by atoms with Crippen molar-refractivity contribution in [2.75, 3.05) is 14.2 Å². The Morgan fingerprint density at radius 2 is 1.44 bits per heavy atom. The van der Waals surface area contributed by atoms with Crippen LogP contribution >= 0.6 is 0 Å². The molecule has 0 saturated carbocycles. The Hall–Kier alpha value is -4.24. The van der Waals surface area contributed by atoms with E-state index in [-0.39, 0.29) is 5.56 Å². The number of hydrogen-bond donors (Lipinski definition) is 1. The van der Waals surface area contributed by atoms with Crippen LogP contribution in [-0.4, -0.2) is 42.8 Å². The van der Waals surface area contributed by atoms with Gasteiger partial charge in [0.15, 0.2) is 11.2 Å². The van der Waals surface area contributed by atoms with Gasteiger partial charge in [0.05, 0.1) is 19.3 Å². The minimum Gasteiger partial charge on any atom is -0.497 e. The third-order valence-corrected chi connectivity index (χ3v) is 5.27. The van der Waals surface area contributed by atoms with Gasteiger partial charge in [0.25, 0.3) is 5.56 Å². The fraction of sp³-hybridized carbons (Fsp3) is 0.130. The number of fused-ring (bicyclic) bond motifs is 1. The van der Waals surface area contributed by atoms with E-state index in [1.165, 1.54) is 10.9 Å². The van der Waals surface area contributed by atoms with Gasteiger partial charge in [0.2, 0.25) is 0 Å². The molecule has 0 spiro atoms. The monoisotopic (exact) mass is 427 g/mol. The minimum absolute atomic E-state index is 0.199. The summed E-state index contributed by atoms with van der Waals surface area (Å²) in [6.07, 6.45) is 6.80. The highest BCUT2D eigenvalue weighted by Gasteiger charge is 2.14. The second kappa shape index (κ2) is 8.12. The largest absolute Gasteiger partial charge is 0.497 e. The minimum atomic E-state index is -0.199. The van der Waals surface area contributed by atoms with Gasteiger partial charge in [-0.3, -0.25) is 13.9 Å². The molecule has 1 N–H and O–H groups in total. The summed E-state index contributed by atoms with van der Waals surface area (Å²) in [5, 5.41) is 3.11. The molecule has 32 heavy (non-hydrogen) atoms. The highest BCUT2D eigenvalue weighted by atomic mass is 16.5. The molecule has 9 heteroatoms. The summed E-state index contributed by atoms with van der Waals surface area (Å²) in [5.41, 5.74) is 3.08. The van der Waals surface area contributed by atoms with E-state index in [0.29, 0.717) is 23.4 Å². The Kier molecular flexibility index (Phi) is 5.00. The maximum atomic E-state index is 13.4. The summed E-state index contributed by atoms with van der Waals surface area (Å²) < 4.78 is 10.5. The van der Waals surface area contributed by atoms with E-state index in [2.05, 4.69) is 20.3 Å². The highest BCUT2D eigenvalue weighted by molar-refractivity contribution is 5.72. The van der Waals surface area contributed by atoms with Crippen molar-refractivity contribution in [3.63, 3.8) is 0 Å². The van der Waals surface area contributed by atoms with E-state index < -0.39 is 0 Å². The molecular formula is C23H21N7O2. The molecular weight excluding hydrogens is 406 g/mol. The van der Waals surface area contributed by atoms with Crippen molar-refractivity contribution >= 4 is 11.2 Å². The first kappa shape index (κ1) is 19.7. The van der Waals surface area contributed by atoms with Crippen LogP contribution in [0.1, 0.15) is 5.82 Å². The number of rotatable bonds is 6. The molecule has 0 unspecified atom stereocenters. The Bertz CT molecular complexity index is 1430. The van der Waals surface area contributed by atoms with Gasteiger partial charge in [0.1, 0.15) is 24.2 Å². The van der Waals surface area contributed by atoms with Crippen LogP contribution in [0.15, 0.2) is 78.4 Å². The molecule has 0 bridgehead atoms. The first-order chi connectivity index (χ1) is 15.7. The Morgan fingerprint density at radius 1 is 0.844 bits per heavy atom. The van der Waals surface area contributed by atoms with Crippen molar-refractivity contribution < 1.29 is 4.74 Å². The molecule has 9 nitrogen and oxygen atoms in total. The topological polar surface area (TPSA) is 91.8 Å². The standard InChI is InChI=1S/C23H21N7O2/c1-24-13-20-25-11-12-28(20)16-3-5-18(6-4-16)30-15-27-22-21(23(30)31)29(14-26-22)17-7-9-19(32-2)10-8-17/h3-12,14-15,24H,13H2,1-2H3. The van der Waals surface area contributed by atoms with Crippen LogP contribution < -0.4 is 15.6 Å². The van der Waals surface area contributed by atoms with Crippen LogP contribution in [-0.2, 0) is 6.54 Å². The van der Waals surface area contributed by atoms with Crippen molar-refractivity contribution in [1.82, 2.24) is 34.0 Å². The van der Waals surface area contributed by atoms with E-state index in [1.807, 2.05) is 66.3 Å². The number of aromatic nitrogens is 6. The lowest BCUT2D eigenvalue weighted by Gasteiger charge is -2.10. The number of nitrogens with zero attached hydrogens (tertiary/aromatic N) is 6. The van der Waals surface area contributed by atoms with Crippen LogP contribution in [0, 0.1) is 0 Å². The zero-order valence-corrected chi connectivity index (χ0v) is 17.6.